The van der Waals surface area contributed by atoms with Gasteiger partial charge in [-0.3, -0.25) is 19.5 Å². The van der Waals surface area contributed by atoms with E-state index < -0.39 is 11.9 Å². The predicted octanol–water partition coefficient (Wildman–Crippen LogP) is 3.95. The first-order chi connectivity index (χ1) is 15.6. The molecule has 1 atom stereocenters. The number of carbonyl (C=O) groups excluding carboxylic acids is 2. The molecule has 0 bridgehead atoms. The predicted molar refractivity (Wildman–Crippen MR) is 123 cm³/mol. The topological polar surface area (TPSA) is 88.1 Å². The summed E-state index contributed by atoms with van der Waals surface area (Å²) in [7, 11) is 0. The molecule has 2 heterocycles. The third-order valence-corrected chi connectivity index (χ3v) is 5.42. The van der Waals surface area contributed by atoms with Gasteiger partial charge in [-0.25, -0.2) is 0 Å². The van der Waals surface area contributed by atoms with Gasteiger partial charge >= 0.3 is 0 Å². The number of pyridine rings is 1. The minimum Gasteiger partial charge on any atom is -0.350 e. The lowest BCUT2D eigenvalue weighted by atomic mass is 10.0. The molecule has 0 saturated heterocycles. The molecule has 2 aromatic carbocycles. The van der Waals surface area contributed by atoms with Gasteiger partial charge in [-0.2, -0.15) is 0 Å². The van der Waals surface area contributed by atoms with Crippen LogP contribution in [0.2, 0.25) is 0 Å². The largest absolute Gasteiger partial charge is 0.350 e. The number of carbonyl (C=O) groups is 2. The fraction of sp³-hybridized carbons (Fsp3) is 0.125. The molecule has 0 aliphatic rings. The van der Waals surface area contributed by atoms with Crippen LogP contribution < -0.4 is 10.2 Å². The molecule has 0 saturated carbocycles. The van der Waals surface area contributed by atoms with E-state index in [1.807, 2.05) is 61.5 Å². The molecule has 7 nitrogen and oxygen atoms in total. The first kappa shape index (κ1) is 21.3. The Bertz CT molecular complexity index is 1180. The molecule has 8 heteroatoms. The Morgan fingerprint density at radius 2 is 1.81 bits per heavy atom. The quantitative estimate of drug-likeness (QED) is 0.467. The molecule has 0 spiro atoms. The zero-order chi connectivity index (χ0) is 22.3. The van der Waals surface area contributed by atoms with Crippen molar-refractivity contribution in [1.29, 1.82) is 0 Å². The molecule has 160 valence electrons. The van der Waals surface area contributed by atoms with Gasteiger partial charge in [-0.15, -0.1) is 5.10 Å². The Morgan fingerprint density at radius 1 is 1.03 bits per heavy atom. The maximum absolute atomic E-state index is 13.5. The number of nitrogens with one attached hydrogen (secondary N) is 1. The number of benzene rings is 2. The van der Waals surface area contributed by atoms with Crippen LogP contribution in [0.3, 0.4) is 0 Å². The lowest BCUT2D eigenvalue weighted by molar-refractivity contribution is -0.122. The zero-order valence-corrected chi connectivity index (χ0v) is 18.2. The molecule has 4 rings (SSSR count). The van der Waals surface area contributed by atoms with Gasteiger partial charge < -0.3 is 5.32 Å². The third kappa shape index (κ3) is 4.87. The monoisotopic (exact) mass is 443 g/mol. The SMILES string of the molecule is Cc1cccc(N(C(=O)c2csnn2)[C@H](C(=O)NCc2ccccc2)c2ccncc2)c1. The molecular weight excluding hydrogens is 422 g/mol. The lowest BCUT2D eigenvalue weighted by Crippen LogP contribution is -2.44. The van der Waals surface area contributed by atoms with E-state index in [4.69, 9.17) is 0 Å². The second-order valence-electron chi connectivity index (χ2n) is 7.19. The van der Waals surface area contributed by atoms with Crippen molar-refractivity contribution >= 4 is 29.0 Å². The Morgan fingerprint density at radius 3 is 2.50 bits per heavy atom. The van der Waals surface area contributed by atoms with Gasteiger partial charge in [0, 0.05) is 30.0 Å². The average Bonchev–Trinajstić information content (AvgIpc) is 3.37. The van der Waals surface area contributed by atoms with Crippen LogP contribution in [0.4, 0.5) is 5.69 Å². The second kappa shape index (κ2) is 9.93. The summed E-state index contributed by atoms with van der Waals surface area (Å²) >= 11 is 1.09. The van der Waals surface area contributed by atoms with Crippen molar-refractivity contribution in [3.63, 3.8) is 0 Å². The van der Waals surface area contributed by atoms with Gasteiger partial charge in [-0.05, 0) is 59.4 Å². The summed E-state index contributed by atoms with van der Waals surface area (Å²) in [6.07, 6.45) is 3.21. The highest BCUT2D eigenvalue weighted by atomic mass is 32.1. The van der Waals surface area contributed by atoms with Crippen molar-refractivity contribution in [3.05, 3.63) is 107 Å². The number of hydrogen-bond donors (Lipinski definition) is 1. The summed E-state index contributed by atoms with van der Waals surface area (Å²) in [5.74, 6) is -0.709. The minimum absolute atomic E-state index is 0.187. The summed E-state index contributed by atoms with van der Waals surface area (Å²) in [5, 5.41) is 8.50. The Labute approximate surface area is 189 Å². The van der Waals surface area contributed by atoms with E-state index in [1.165, 1.54) is 4.90 Å². The highest BCUT2D eigenvalue weighted by Crippen LogP contribution is 2.30. The van der Waals surface area contributed by atoms with Gasteiger partial charge in [-0.1, -0.05) is 47.0 Å². The lowest BCUT2D eigenvalue weighted by Gasteiger charge is -2.31. The summed E-state index contributed by atoms with van der Waals surface area (Å²) in [6, 6.07) is 19.7. The first-order valence-corrected chi connectivity index (χ1v) is 10.9. The standard InChI is InChI=1S/C24H21N5O2S/c1-17-6-5-9-20(14-17)29(24(31)21-16-32-28-27-21)22(19-10-12-25-13-11-19)23(30)26-15-18-7-3-2-4-8-18/h2-14,16,22H,15H2,1H3,(H,26,30)/t22-/m0/s1. The van der Waals surface area contributed by atoms with E-state index in [0.29, 0.717) is 17.8 Å². The number of amides is 2. The van der Waals surface area contributed by atoms with E-state index in [1.54, 1.807) is 29.9 Å². The molecular formula is C24H21N5O2S. The highest BCUT2D eigenvalue weighted by molar-refractivity contribution is 7.03. The maximum Gasteiger partial charge on any atom is 0.280 e. The minimum atomic E-state index is -0.919. The molecule has 4 aromatic rings. The normalized spacial score (nSPS) is 11.5. The van der Waals surface area contributed by atoms with Crippen molar-refractivity contribution in [2.24, 2.45) is 0 Å². The second-order valence-corrected chi connectivity index (χ2v) is 7.80. The van der Waals surface area contributed by atoms with E-state index in [9.17, 15) is 9.59 Å². The molecule has 0 unspecified atom stereocenters. The smallest absolute Gasteiger partial charge is 0.280 e. The van der Waals surface area contributed by atoms with Crippen LogP contribution >= 0.6 is 11.5 Å². The Kier molecular flexibility index (Phi) is 6.62. The molecule has 32 heavy (non-hydrogen) atoms. The molecule has 0 radical (unpaired) electrons. The molecule has 1 N–H and O–H groups in total. The van der Waals surface area contributed by atoms with Crippen LogP contribution in [0.5, 0.6) is 0 Å². The molecule has 0 fully saturated rings. The molecule has 2 aromatic heterocycles. The number of aryl methyl sites for hydroxylation is 1. The van der Waals surface area contributed by atoms with Crippen LogP contribution in [-0.2, 0) is 11.3 Å². The summed E-state index contributed by atoms with van der Waals surface area (Å²) in [6.45, 7) is 2.28. The highest BCUT2D eigenvalue weighted by Gasteiger charge is 2.34. The summed E-state index contributed by atoms with van der Waals surface area (Å²) in [5.41, 5.74) is 3.36. The van der Waals surface area contributed by atoms with Crippen LogP contribution in [-0.4, -0.2) is 26.4 Å². The van der Waals surface area contributed by atoms with Crippen LogP contribution in [0, 0.1) is 6.92 Å². The molecule has 0 aliphatic carbocycles. The van der Waals surface area contributed by atoms with E-state index >= 15 is 0 Å². The van der Waals surface area contributed by atoms with Crippen molar-refractivity contribution < 1.29 is 9.59 Å². The summed E-state index contributed by atoms with van der Waals surface area (Å²) in [4.78, 5) is 32.6. The third-order valence-electron chi connectivity index (χ3n) is 4.92. The number of anilines is 1. The van der Waals surface area contributed by atoms with Crippen molar-refractivity contribution in [2.75, 3.05) is 4.90 Å². The maximum atomic E-state index is 13.5. The van der Waals surface area contributed by atoms with Crippen LogP contribution in [0.15, 0.2) is 84.5 Å². The van der Waals surface area contributed by atoms with Crippen molar-refractivity contribution in [3.8, 4) is 0 Å². The van der Waals surface area contributed by atoms with Gasteiger partial charge in [0.15, 0.2) is 5.69 Å². The molecule has 0 aliphatic heterocycles. The number of nitrogens with zero attached hydrogens (tertiary/aromatic N) is 4. The number of aromatic nitrogens is 3. The van der Waals surface area contributed by atoms with E-state index in [2.05, 4.69) is 19.9 Å². The van der Waals surface area contributed by atoms with Gasteiger partial charge in [0.05, 0.1) is 0 Å². The number of hydrogen-bond acceptors (Lipinski definition) is 6. The first-order valence-electron chi connectivity index (χ1n) is 10.0. The van der Waals surface area contributed by atoms with Gasteiger partial charge in [0.2, 0.25) is 5.91 Å². The van der Waals surface area contributed by atoms with Crippen molar-refractivity contribution in [2.45, 2.75) is 19.5 Å². The van der Waals surface area contributed by atoms with E-state index in [-0.39, 0.29) is 11.6 Å². The number of rotatable bonds is 7. The summed E-state index contributed by atoms with van der Waals surface area (Å²) < 4.78 is 3.82. The Hall–Kier alpha value is -3.91. The zero-order valence-electron chi connectivity index (χ0n) is 17.4. The van der Waals surface area contributed by atoms with Crippen LogP contribution in [0.1, 0.15) is 33.2 Å². The average molecular weight is 444 g/mol. The van der Waals surface area contributed by atoms with Gasteiger partial charge in [0.25, 0.3) is 5.91 Å². The van der Waals surface area contributed by atoms with Crippen molar-refractivity contribution in [1.82, 2.24) is 19.9 Å². The van der Waals surface area contributed by atoms with Gasteiger partial charge in [0.1, 0.15) is 6.04 Å². The Balaban J connectivity index is 1.76. The van der Waals surface area contributed by atoms with Crippen LogP contribution in [0.25, 0.3) is 0 Å². The fourth-order valence-corrected chi connectivity index (χ4v) is 3.82. The van der Waals surface area contributed by atoms with E-state index in [0.717, 1.165) is 22.7 Å². The fourth-order valence-electron chi connectivity index (χ4n) is 3.39. The molecule has 2 amide bonds.